The van der Waals surface area contributed by atoms with Crippen molar-refractivity contribution in [3.63, 3.8) is 0 Å². The molecule has 1 aliphatic rings. The van der Waals surface area contributed by atoms with Gasteiger partial charge in [0, 0.05) is 15.8 Å². The summed E-state index contributed by atoms with van der Waals surface area (Å²) >= 11 is 1.79. The zero-order valence-electron chi connectivity index (χ0n) is 16.5. The summed E-state index contributed by atoms with van der Waals surface area (Å²) in [5.74, 6) is 0.890. The summed E-state index contributed by atoms with van der Waals surface area (Å²) < 4.78 is 6.44. The van der Waals surface area contributed by atoms with E-state index in [2.05, 4.69) is 96.8 Å². The first kappa shape index (κ1) is 17.4. The van der Waals surface area contributed by atoms with Gasteiger partial charge in [-0.25, -0.2) is 0 Å². The molecule has 0 atom stereocenters. The van der Waals surface area contributed by atoms with Gasteiger partial charge in [0.1, 0.15) is 5.58 Å². The minimum Gasteiger partial charge on any atom is -0.439 e. The Kier molecular flexibility index (Phi) is 3.96. The van der Waals surface area contributed by atoms with E-state index in [4.69, 9.17) is 4.42 Å². The van der Waals surface area contributed by atoms with Crippen LogP contribution >= 0.6 is 11.8 Å². The number of para-hydroxylation sites is 2. The Bertz CT molecular complexity index is 1390. The van der Waals surface area contributed by atoms with Gasteiger partial charge in [-0.15, -0.1) is 0 Å². The van der Waals surface area contributed by atoms with Crippen molar-refractivity contribution in [2.75, 3.05) is 4.90 Å². The average molecular weight is 406 g/mol. The third-order valence-corrected chi connectivity index (χ3v) is 6.70. The highest BCUT2D eigenvalue weighted by Crippen LogP contribution is 2.56. The Labute approximate surface area is 179 Å². The number of nitrogens with zero attached hydrogens (tertiary/aromatic N) is 1. The lowest BCUT2D eigenvalue weighted by atomic mass is 10.00. The molecule has 0 aliphatic carbocycles. The van der Waals surface area contributed by atoms with Crippen molar-refractivity contribution >= 4 is 40.0 Å². The first-order valence-corrected chi connectivity index (χ1v) is 10.9. The molecule has 3 heteroatoms. The normalized spacial score (nSPS) is 12.6. The predicted molar refractivity (Wildman–Crippen MR) is 125 cm³/mol. The van der Waals surface area contributed by atoms with Crippen molar-refractivity contribution in [3.8, 4) is 11.1 Å². The third-order valence-electron chi connectivity index (χ3n) is 5.53. The van der Waals surface area contributed by atoms with Crippen LogP contribution in [0.5, 0.6) is 0 Å². The highest BCUT2D eigenvalue weighted by Gasteiger charge is 2.31. The molecule has 0 radical (unpaired) electrons. The fraction of sp³-hybridized carbons (Fsp3) is 0.0370. The van der Waals surface area contributed by atoms with E-state index in [1.54, 1.807) is 11.8 Å². The minimum atomic E-state index is 0.890. The fourth-order valence-electron chi connectivity index (χ4n) is 4.14. The molecule has 0 spiro atoms. The van der Waals surface area contributed by atoms with Gasteiger partial charge in [-0.2, -0.15) is 0 Å². The van der Waals surface area contributed by atoms with Crippen molar-refractivity contribution in [2.45, 2.75) is 16.7 Å². The maximum atomic E-state index is 6.44. The Balaban J connectivity index is 1.67. The van der Waals surface area contributed by atoms with Gasteiger partial charge in [0.15, 0.2) is 0 Å². The van der Waals surface area contributed by atoms with Crippen LogP contribution in [0, 0.1) is 6.92 Å². The minimum absolute atomic E-state index is 0.890. The molecule has 0 saturated carbocycles. The molecule has 144 valence electrons. The molecule has 2 nitrogen and oxygen atoms in total. The van der Waals surface area contributed by atoms with Crippen LogP contribution in [-0.2, 0) is 0 Å². The number of hydrogen-bond acceptors (Lipinski definition) is 3. The lowest BCUT2D eigenvalue weighted by molar-refractivity contribution is 0.612. The number of anilines is 3. The summed E-state index contributed by atoms with van der Waals surface area (Å²) in [7, 11) is 0. The molecule has 0 fully saturated rings. The van der Waals surface area contributed by atoms with Crippen LogP contribution in [0.2, 0.25) is 0 Å². The first-order valence-electron chi connectivity index (χ1n) is 10.0. The van der Waals surface area contributed by atoms with Crippen LogP contribution in [0.15, 0.2) is 111 Å². The van der Waals surface area contributed by atoms with E-state index in [0.717, 1.165) is 28.2 Å². The number of benzene rings is 4. The fourth-order valence-corrected chi connectivity index (χ4v) is 5.26. The van der Waals surface area contributed by atoms with E-state index in [-0.39, 0.29) is 0 Å². The summed E-state index contributed by atoms with van der Waals surface area (Å²) in [6.45, 7) is 2.14. The van der Waals surface area contributed by atoms with Crippen molar-refractivity contribution < 1.29 is 4.42 Å². The molecule has 2 heterocycles. The van der Waals surface area contributed by atoms with Crippen molar-refractivity contribution in [1.82, 2.24) is 0 Å². The number of rotatable bonds is 2. The Morgan fingerprint density at radius 2 is 1.50 bits per heavy atom. The Hall–Kier alpha value is -3.43. The van der Waals surface area contributed by atoms with Crippen LogP contribution in [0.3, 0.4) is 0 Å². The Morgan fingerprint density at radius 3 is 2.40 bits per heavy atom. The lowest BCUT2D eigenvalue weighted by Gasteiger charge is -2.31. The molecule has 0 saturated heterocycles. The van der Waals surface area contributed by atoms with Gasteiger partial charge >= 0.3 is 0 Å². The van der Waals surface area contributed by atoms with Crippen LogP contribution in [0.4, 0.5) is 17.3 Å². The van der Waals surface area contributed by atoms with Crippen molar-refractivity contribution in [2.24, 2.45) is 0 Å². The maximum Gasteiger partial charge on any atom is 0.219 e. The molecule has 6 rings (SSSR count). The van der Waals surface area contributed by atoms with E-state index in [9.17, 15) is 0 Å². The van der Waals surface area contributed by atoms with Gasteiger partial charge in [-0.3, -0.25) is 4.90 Å². The molecule has 0 bridgehead atoms. The zero-order chi connectivity index (χ0) is 20.1. The Morgan fingerprint density at radius 1 is 0.733 bits per heavy atom. The van der Waals surface area contributed by atoms with E-state index >= 15 is 0 Å². The van der Waals surface area contributed by atoms with Gasteiger partial charge < -0.3 is 4.42 Å². The third kappa shape index (κ3) is 2.66. The molecule has 30 heavy (non-hydrogen) atoms. The summed E-state index contributed by atoms with van der Waals surface area (Å²) in [5, 5.41) is 1.16. The van der Waals surface area contributed by atoms with Gasteiger partial charge in [-0.1, -0.05) is 78.0 Å². The first-order chi connectivity index (χ1) is 14.8. The van der Waals surface area contributed by atoms with Gasteiger partial charge in [-0.05, 0) is 48.9 Å². The van der Waals surface area contributed by atoms with E-state index in [1.807, 2.05) is 12.1 Å². The molecular formula is C27H19NOS. The molecule has 1 aromatic heterocycles. The SMILES string of the molecule is Cc1ccc(N2c3ccccc3Sc3c2oc2ccccc32)c(-c2ccccc2)c1. The molecule has 0 N–H and O–H groups in total. The summed E-state index contributed by atoms with van der Waals surface area (Å²) in [4.78, 5) is 4.68. The van der Waals surface area contributed by atoms with E-state index < -0.39 is 0 Å². The van der Waals surface area contributed by atoms with Crippen LogP contribution < -0.4 is 4.90 Å². The second-order valence-corrected chi connectivity index (χ2v) is 8.58. The number of fused-ring (bicyclic) bond motifs is 4. The highest BCUT2D eigenvalue weighted by molar-refractivity contribution is 8.00. The standard InChI is InChI=1S/C27H19NOS/c1-18-15-16-22(21(17-18)19-9-3-2-4-10-19)28-23-12-6-8-14-25(23)30-26-20-11-5-7-13-24(20)29-27(26)28/h2-17H,1H3. The van der Waals surface area contributed by atoms with Crippen molar-refractivity contribution in [1.29, 1.82) is 0 Å². The highest BCUT2D eigenvalue weighted by atomic mass is 32.2. The second kappa shape index (κ2) is 6.82. The van der Waals surface area contributed by atoms with E-state index in [0.29, 0.717) is 0 Å². The monoisotopic (exact) mass is 405 g/mol. The predicted octanol–water partition coefficient (Wildman–Crippen LogP) is 8.34. The molecule has 4 aromatic carbocycles. The van der Waals surface area contributed by atoms with Crippen molar-refractivity contribution in [3.05, 3.63) is 103 Å². The lowest BCUT2D eigenvalue weighted by Crippen LogP contribution is -2.14. The maximum absolute atomic E-state index is 6.44. The van der Waals surface area contributed by atoms with Gasteiger partial charge in [0.05, 0.1) is 16.3 Å². The second-order valence-electron chi connectivity index (χ2n) is 7.52. The van der Waals surface area contributed by atoms with Gasteiger partial charge in [0.2, 0.25) is 5.88 Å². The largest absolute Gasteiger partial charge is 0.439 e. The average Bonchev–Trinajstić information content (AvgIpc) is 3.16. The number of hydrogen-bond donors (Lipinski definition) is 0. The van der Waals surface area contributed by atoms with Crippen LogP contribution in [0.25, 0.3) is 22.1 Å². The quantitative estimate of drug-likeness (QED) is 0.288. The zero-order valence-corrected chi connectivity index (χ0v) is 17.3. The van der Waals surface area contributed by atoms with Crippen LogP contribution in [0.1, 0.15) is 5.56 Å². The smallest absolute Gasteiger partial charge is 0.219 e. The molecule has 0 unspecified atom stereocenters. The summed E-state index contributed by atoms with van der Waals surface area (Å²) in [6, 6.07) is 34.1. The molecule has 1 aliphatic heterocycles. The summed E-state index contributed by atoms with van der Waals surface area (Å²) in [6.07, 6.45) is 0. The topological polar surface area (TPSA) is 16.4 Å². The van der Waals surface area contributed by atoms with E-state index in [1.165, 1.54) is 26.5 Å². The summed E-state index contributed by atoms with van der Waals surface area (Å²) in [5.41, 5.74) is 6.83. The molecule has 0 amide bonds. The number of furan rings is 1. The van der Waals surface area contributed by atoms with Gasteiger partial charge in [0.25, 0.3) is 0 Å². The molecule has 5 aromatic rings. The van der Waals surface area contributed by atoms with Crippen LogP contribution in [-0.4, -0.2) is 0 Å². The molecular weight excluding hydrogens is 386 g/mol. The number of aryl methyl sites for hydroxylation is 1.